The van der Waals surface area contributed by atoms with Crippen LogP contribution in [0.15, 0.2) is 30.3 Å². The van der Waals surface area contributed by atoms with Crippen molar-refractivity contribution in [2.45, 2.75) is 80.6 Å². The molecule has 3 nitrogen and oxygen atoms in total. The monoisotopic (exact) mass is 478 g/mol. The Hall–Kier alpha value is -1.26. The van der Waals surface area contributed by atoms with Gasteiger partial charge in [0.05, 0.1) is 13.2 Å². The van der Waals surface area contributed by atoms with E-state index in [4.69, 9.17) is 9.47 Å². The number of hydrogen-bond acceptors (Lipinski definition) is 3. The first-order valence-electron chi connectivity index (χ1n) is 12.2. The fourth-order valence-electron chi connectivity index (χ4n) is 3.57. The molecular formula is C29H44LiO3P. The summed E-state index contributed by atoms with van der Waals surface area (Å²) in [6, 6.07) is 10.2. The summed E-state index contributed by atoms with van der Waals surface area (Å²) in [7, 11) is 0.0118. The van der Waals surface area contributed by atoms with Gasteiger partial charge in [-0.1, -0.05) is 60.6 Å². The molecule has 0 saturated heterocycles. The van der Waals surface area contributed by atoms with E-state index < -0.39 is 0 Å². The van der Waals surface area contributed by atoms with Crippen LogP contribution in [0, 0.1) is 25.7 Å². The number of rotatable bonds is 11. The van der Waals surface area contributed by atoms with Gasteiger partial charge in [0.1, 0.15) is 11.5 Å². The first-order valence-corrected chi connectivity index (χ1v) is 13.2. The van der Waals surface area contributed by atoms with E-state index in [1.54, 1.807) is 0 Å². The largest absolute Gasteiger partial charge is 1.00 e. The Labute approximate surface area is 223 Å². The molecule has 1 unspecified atom stereocenters. The minimum absolute atomic E-state index is 0. The van der Waals surface area contributed by atoms with Crippen LogP contribution < -0.4 is 33.6 Å². The van der Waals surface area contributed by atoms with Crippen LogP contribution in [0.5, 0.6) is 11.5 Å². The number of hydrogen-bond donors (Lipinski definition) is 0. The molecular weight excluding hydrogens is 434 g/mol. The average Bonchev–Trinajstić information content (AvgIpc) is 2.68. The van der Waals surface area contributed by atoms with Gasteiger partial charge in [0.2, 0.25) is 0 Å². The number of benzene rings is 2. The predicted octanol–water partition coefficient (Wildman–Crippen LogP) is 4.71. The van der Waals surface area contributed by atoms with E-state index in [0.717, 1.165) is 46.3 Å². The third-order valence-electron chi connectivity index (χ3n) is 5.74. The molecule has 0 radical (unpaired) electrons. The van der Waals surface area contributed by atoms with Crippen LogP contribution in [0.25, 0.3) is 0 Å². The van der Waals surface area contributed by atoms with Crippen molar-refractivity contribution in [2.75, 3.05) is 13.2 Å². The summed E-state index contributed by atoms with van der Waals surface area (Å²) in [6.07, 6.45) is 1.98. The maximum atomic E-state index is 13.4. The Kier molecular flexibility index (Phi) is 12.4. The fraction of sp³-hybridized carbons (Fsp3) is 0.552. The van der Waals surface area contributed by atoms with Gasteiger partial charge in [-0.25, -0.2) is 0 Å². The zero-order valence-electron chi connectivity index (χ0n) is 24.1. The van der Waals surface area contributed by atoms with Crippen LogP contribution in [0.2, 0.25) is 0 Å². The van der Waals surface area contributed by atoms with Gasteiger partial charge in [-0.15, -0.1) is 0 Å². The molecule has 0 spiro atoms. The zero-order chi connectivity index (χ0) is 24.8. The van der Waals surface area contributed by atoms with Crippen molar-refractivity contribution in [1.29, 1.82) is 0 Å². The summed E-state index contributed by atoms with van der Waals surface area (Å²) in [4.78, 5) is 13.4. The molecule has 2 rings (SSSR count). The van der Waals surface area contributed by atoms with Gasteiger partial charge in [-0.05, 0) is 81.3 Å². The molecule has 1 atom stereocenters. The van der Waals surface area contributed by atoms with Crippen molar-refractivity contribution in [3.05, 3.63) is 52.6 Å². The van der Waals surface area contributed by atoms with E-state index in [0.29, 0.717) is 25.0 Å². The summed E-state index contributed by atoms with van der Waals surface area (Å²) in [5.41, 5.74) is 4.42. The Balaban J connectivity index is 0.00000578. The van der Waals surface area contributed by atoms with Crippen molar-refractivity contribution in [3.63, 3.8) is 0 Å². The molecule has 0 aliphatic rings. The molecule has 184 valence electrons. The van der Waals surface area contributed by atoms with E-state index in [1.165, 1.54) is 5.56 Å². The maximum Gasteiger partial charge on any atom is 1.00 e. The molecule has 34 heavy (non-hydrogen) atoms. The van der Waals surface area contributed by atoms with Crippen molar-refractivity contribution in [2.24, 2.45) is 11.8 Å². The van der Waals surface area contributed by atoms with Gasteiger partial charge in [0.25, 0.3) is 0 Å². The number of aryl methyl sites for hydroxylation is 2. The zero-order valence-corrected chi connectivity index (χ0v) is 24.1. The predicted molar refractivity (Wildman–Crippen MR) is 144 cm³/mol. The summed E-state index contributed by atoms with van der Waals surface area (Å²) in [5.74, 6) is 2.74. The van der Waals surface area contributed by atoms with Gasteiger partial charge < -0.3 is 10.9 Å². The summed E-state index contributed by atoms with van der Waals surface area (Å²) >= 11 is 0. The third-order valence-corrected chi connectivity index (χ3v) is 6.90. The number of ether oxygens (including phenoxy) is 2. The topological polar surface area (TPSA) is 35.5 Å². The Bertz CT molecular complexity index is 928. The Morgan fingerprint density at radius 2 is 1.44 bits per heavy atom. The van der Waals surface area contributed by atoms with Crippen molar-refractivity contribution < 1.29 is 34.6 Å². The van der Waals surface area contributed by atoms with E-state index in [9.17, 15) is 4.79 Å². The molecule has 0 heterocycles. The molecule has 2 aromatic rings. The molecule has 0 aliphatic carbocycles. The molecule has 5 heteroatoms. The molecule has 0 fully saturated rings. The average molecular weight is 479 g/mol. The van der Waals surface area contributed by atoms with Crippen LogP contribution in [0.1, 0.15) is 89.8 Å². The first kappa shape index (κ1) is 30.8. The van der Waals surface area contributed by atoms with Crippen molar-refractivity contribution in [1.82, 2.24) is 0 Å². The van der Waals surface area contributed by atoms with Crippen LogP contribution in [0.4, 0.5) is 0 Å². The van der Waals surface area contributed by atoms with E-state index in [-0.39, 0.29) is 39.8 Å². The van der Waals surface area contributed by atoms with Gasteiger partial charge in [0.15, 0.2) is 5.52 Å². The molecule has 0 amide bonds. The normalized spacial score (nSPS) is 11.9. The Morgan fingerprint density at radius 3 is 1.94 bits per heavy atom. The van der Waals surface area contributed by atoms with Gasteiger partial charge in [-0.2, -0.15) is 0 Å². The SMILES string of the molecule is Cc1cc(C(C)(C)C)cc(C)c1C(=O)Pc1ccc(OCCC(C)C)cc1OCCC(C)C.[H-].[Li+]. The van der Waals surface area contributed by atoms with Crippen LogP contribution >= 0.6 is 8.58 Å². The summed E-state index contributed by atoms with van der Waals surface area (Å²) < 4.78 is 12.1. The van der Waals surface area contributed by atoms with Crippen LogP contribution in [0.3, 0.4) is 0 Å². The molecule has 0 N–H and O–H groups in total. The maximum absolute atomic E-state index is 13.4. The van der Waals surface area contributed by atoms with Crippen LogP contribution in [-0.2, 0) is 5.41 Å². The second-order valence-corrected chi connectivity index (χ2v) is 12.2. The van der Waals surface area contributed by atoms with Gasteiger partial charge in [-0.3, -0.25) is 4.79 Å². The summed E-state index contributed by atoms with van der Waals surface area (Å²) in [5, 5.41) is 0.943. The van der Waals surface area contributed by atoms with E-state index in [2.05, 4.69) is 60.6 Å². The minimum Gasteiger partial charge on any atom is -1.00 e. The van der Waals surface area contributed by atoms with Crippen LogP contribution in [-0.4, -0.2) is 18.7 Å². The first-order chi connectivity index (χ1) is 15.4. The van der Waals surface area contributed by atoms with E-state index >= 15 is 0 Å². The van der Waals surface area contributed by atoms with Gasteiger partial charge >= 0.3 is 18.9 Å². The van der Waals surface area contributed by atoms with Crippen molar-refractivity contribution >= 4 is 19.4 Å². The fourth-order valence-corrected chi connectivity index (χ4v) is 4.77. The molecule has 2 aromatic carbocycles. The quantitative estimate of drug-likeness (QED) is 0.347. The number of carbonyl (C=O) groups excluding carboxylic acids is 1. The van der Waals surface area contributed by atoms with Gasteiger partial charge in [0, 0.05) is 16.9 Å². The van der Waals surface area contributed by atoms with Crippen molar-refractivity contribution in [3.8, 4) is 11.5 Å². The Morgan fingerprint density at radius 1 is 0.912 bits per heavy atom. The molecule has 0 aromatic heterocycles. The molecule has 0 saturated carbocycles. The minimum atomic E-state index is 0. The standard InChI is InChI=1S/C29H43O3P.Li.H/c1-19(2)12-14-31-24-10-11-26(25(18-24)32-15-13-20(3)4)33-28(30)27-21(5)16-23(17-22(27)6)29(7,8)9;;/h10-11,16-20,33H,12-15H2,1-9H3;;/q;+1;-1. The van der Waals surface area contributed by atoms with E-state index in [1.807, 2.05) is 32.0 Å². The smallest absolute Gasteiger partial charge is 1.00 e. The molecule has 0 bridgehead atoms. The molecule has 0 aliphatic heterocycles. The number of carbonyl (C=O) groups is 1. The second kappa shape index (κ2) is 13.7. The third kappa shape index (κ3) is 9.41. The second-order valence-electron chi connectivity index (χ2n) is 10.9. The summed E-state index contributed by atoms with van der Waals surface area (Å²) in [6.45, 7) is 20.8.